The molecule has 2 aliphatic heterocycles. The van der Waals surface area contributed by atoms with Gasteiger partial charge in [0.05, 0.1) is 12.8 Å². The molecule has 3 fully saturated rings. The van der Waals surface area contributed by atoms with Crippen LogP contribution >= 0.6 is 22.7 Å². The van der Waals surface area contributed by atoms with E-state index in [2.05, 4.69) is 65.1 Å². The number of benzene rings is 2. The van der Waals surface area contributed by atoms with Crippen LogP contribution in [0.15, 0.2) is 48.5 Å². The van der Waals surface area contributed by atoms with Crippen LogP contribution in [0.1, 0.15) is 65.6 Å². The van der Waals surface area contributed by atoms with E-state index in [1.165, 1.54) is 46.9 Å². The molecule has 2 unspecified atom stereocenters. The van der Waals surface area contributed by atoms with Crippen LogP contribution in [0.3, 0.4) is 0 Å². The van der Waals surface area contributed by atoms with Crippen LogP contribution < -0.4 is 20.4 Å². The minimum absolute atomic E-state index is 0.0701. The first-order chi connectivity index (χ1) is 22.0. The molecule has 4 heterocycles. The Labute approximate surface area is 271 Å². The molecule has 3 aliphatic rings. The largest absolute Gasteiger partial charge is 0.371 e. The molecule has 0 bridgehead atoms. The van der Waals surface area contributed by atoms with E-state index in [0.717, 1.165) is 79.4 Å². The van der Waals surface area contributed by atoms with Gasteiger partial charge >= 0.3 is 0 Å². The van der Waals surface area contributed by atoms with Crippen molar-refractivity contribution in [1.82, 2.24) is 20.4 Å². The Hall–Kier alpha value is -3.90. The zero-order valence-corrected chi connectivity index (χ0v) is 26.9. The third-order valence-electron chi connectivity index (χ3n) is 8.99. The third kappa shape index (κ3) is 7.50. The van der Waals surface area contributed by atoms with Gasteiger partial charge in [-0.3, -0.25) is 9.59 Å². The van der Waals surface area contributed by atoms with Crippen molar-refractivity contribution in [3.63, 3.8) is 0 Å². The van der Waals surface area contributed by atoms with Crippen molar-refractivity contribution in [2.75, 3.05) is 46.6 Å². The number of nitrogens with zero attached hydrogens (tertiary/aromatic N) is 6. The second-order valence-electron chi connectivity index (χ2n) is 12.4. The van der Waals surface area contributed by atoms with Gasteiger partial charge in [0.1, 0.15) is 10.0 Å². The second kappa shape index (κ2) is 13.6. The first kappa shape index (κ1) is 29.8. The van der Waals surface area contributed by atoms with E-state index in [1.807, 2.05) is 24.3 Å². The Morgan fingerprint density at radius 3 is 1.93 bits per heavy atom. The summed E-state index contributed by atoms with van der Waals surface area (Å²) in [5, 5.41) is 26.4. The molecule has 0 spiro atoms. The molecule has 12 heteroatoms. The van der Waals surface area contributed by atoms with Crippen LogP contribution in [0.2, 0.25) is 0 Å². The van der Waals surface area contributed by atoms with Crippen molar-refractivity contribution in [2.45, 2.75) is 63.7 Å². The van der Waals surface area contributed by atoms with Crippen molar-refractivity contribution in [3.05, 3.63) is 69.7 Å². The van der Waals surface area contributed by atoms with E-state index in [9.17, 15) is 9.59 Å². The molecular weight excluding hydrogens is 605 g/mol. The average Bonchev–Trinajstić information content (AvgIpc) is 3.61. The maximum Gasteiger partial charge on any atom is 0.230 e. The van der Waals surface area contributed by atoms with Gasteiger partial charge < -0.3 is 20.4 Å². The number of aromatic nitrogens is 4. The molecule has 2 N–H and O–H groups in total. The van der Waals surface area contributed by atoms with Crippen LogP contribution in [0, 0.1) is 5.92 Å². The molecule has 2 aromatic heterocycles. The fourth-order valence-electron chi connectivity index (χ4n) is 6.36. The summed E-state index contributed by atoms with van der Waals surface area (Å²) in [6.07, 6.45) is 8.23. The first-order valence-electron chi connectivity index (χ1n) is 16.0. The predicted molar refractivity (Wildman–Crippen MR) is 179 cm³/mol. The molecule has 45 heavy (non-hydrogen) atoms. The number of carbonyl (C=O) groups excluding carboxylic acids is 2. The summed E-state index contributed by atoms with van der Waals surface area (Å²) in [7, 11) is 0. The Balaban J connectivity index is 0.884. The highest BCUT2D eigenvalue weighted by atomic mass is 32.1. The highest BCUT2D eigenvalue weighted by molar-refractivity contribution is 7.15. The number of carbonyl (C=O) groups is 2. The van der Waals surface area contributed by atoms with Gasteiger partial charge in [-0.05, 0) is 73.4 Å². The lowest BCUT2D eigenvalue weighted by Gasteiger charge is -2.33. The van der Waals surface area contributed by atoms with Crippen LogP contribution in [0.25, 0.3) is 0 Å². The van der Waals surface area contributed by atoms with Gasteiger partial charge in [-0.1, -0.05) is 53.4 Å². The molecule has 4 aromatic rings. The van der Waals surface area contributed by atoms with E-state index in [0.29, 0.717) is 34.9 Å². The fourth-order valence-corrected chi connectivity index (χ4v) is 8.13. The van der Waals surface area contributed by atoms with Gasteiger partial charge in [-0.15, -0.1) is 20.4 Å². The van der Waals surface area contributed by atoms with Gasteiger partial charge in [0.25, 0.3) is 0 Å². The molecule has 1 aliphatic carbocycles. The van der Waals surface area contributed by atoms with Crippen molar-refractivity contribution in [1.29, 1.82) is 0 Å². The van der Waals surface area contributed by atoms with Crippen LogP contribution in [0.5, 0.6) is 0 Å². The maximum atomic E-state index is 12.8. The molecule has 10 nitrogen and oxygen atoms in total. The summed E-state index contributed by atoms with van der Waals surface area (Å²) in [6, 6.07) is 16.5. The molecule has 2 saturated heterocycles. The standard InChI is InChI=1S/C33H38N8O2S2/c42-28(19-23-7-2-10-26(17-23)40-12-4-13-40)34-32-38-36-30(44-32)21-22-6-1-9-25(16-22)31-37-39-33(45-31)35-29(43)20-24-8-3-11-27(18-24)41-14-5-15-41/h2-3,7-8,10-11,17-18,22,25H,1,4-6,9,12-16,19-21H2,(H,34,38,42)(H,35,39,43). The molecule has 2 atom stereocenters. The van der Waals surface area contributed by atoms with Crippen molar-refractivity contribution < 1.29 is 9.59 Å². The molecule has 2 amide bonds. The van der Waals surface area contributed by atoms with Crippen LogP contribution in [0.4, 0.5) is 21.6 Å². The SMILES string of the molecule is O=C(Cc1cccc(N2CCC2)c1)Nc1nnc(CC2CCCC(c3nnc(NC(=O)Cc4cccc(N5CCC5)c4)s3)C2)s1. The fraction of sp³-hybridized carbons (Fsp3) is 0.455. The molecule has 2 aromatic carbocycles. The highest BCUT2D eigenvalue weighted by Gasteiger charge is 2.27. The Bertz CT molecular complexity index is 1650. The molecular formula is C33H38N8O2S2. The van der Waals surface area contributed by atoms with Crippen molar-refractivity contribution in [3.8, 4) is 0 Å². The zero-order chi connectivity index (χ0) is 30.6. The van der Waals surface area contributed by atoms with E-state index in [-0.39, 0.29) is 11.8 Å². The topological polar surface area (TPSA) is 116 Å². The summed E-state index contributed by atoms with van der Waals surface area (Å²) in [6.45, 7) is 4.33. The average molecular weight is 643 g/mol. The predicted octanol–water partition coefficient (Wildman–Crippen LogP) is 5.69. The summed E-state index contributed by atoms with van der Waals surface area (Å²) in [5.41, 5.74) is 4.37. The number of anilines is 4. The zero-order valence-electron chi connectivity index (χ0n) is 25.3. The summed E-state index contributed by atoms with van der Waals surface area (Å²) in [4.78, 5) is 30.2. The summed E-state index contributed by atoms with van der Waals surface area (Å²) in [5.74, 6) is 0.638. The van der Waals surface area contributed by atoms with Gasteiger partial charge in [-0.2, -0.15) is 0 Å². The van der Waals surface area contributed by atoms with Crippen molar-refractivity contribution >= 4 is 56.1 Å². The van der Waals surface area contributed by atoms with E-state index in [1.54, 1.807) is 0 Å². The number of hydrogen-bond donors (Lipinski definition) is 2. The number of amides is 2. The van der Waals surface area contributed by atoms with Crippen molar-refractivity contribution in [2.24, 2.45) is 5.92 Å². The quantitative estimate of drug-likeness (QED) is 0.215. The lowest BCUT2D eigenvalue weighted by Crippen LogP contribution is -2.36. The Kier molecular flexibility index (Phi) is 9.01. The number of hydrogen-bond acceptors (Lipinski definition) is 10. The molecule has 7 rings (SSSR count). The second-order valence-corrected chi connectivity index (χ2v) is 14.4. The van der Waals surface area contributed by atoms with E-state index < -0.39 is 0 Å². The minimum Gasteiger partial charge on any atom is -0.371 e. The smallest absolute Gasteiger partial charge is 0.230 e. The number of rotatable bonds is 11. The van der Waals surface area contributed by atoms with E-state index >= 15 is 0 Å². The minimum atomic E-state index is -0.0736. The molecule has 234 valence electrons. The van der Waals surface area contributed by atoms with Crippen LogP contribution in [-0.2, 0) is 28.9 Å². The van der Waals surface area contributed by atoms with Gasteiger partial charge in [0, 0.05) is 49.9 Å². The normalized spacial score (nSPS) is 19.5. The lowest BCUT2D eigenvalue weighted by atomic mass is 9.80. The van der Waals surface area contributed by atoms with Gasteiger partial charge in [0.15, 0.2) is 0 Å². The number of nitrogens with one attached hydrogen (secondary N) is 2. The lowest BCUT2D eigenvalue weighted by molar-refractivity contribution is -0.116. The summed E-state index contributed by atoms with van der Waals surface area (Å²) < 4.78 is 0. The highest BCUT2D eigenvalue weighted by Crippen LogP contribution is 2.40. The van der Waals surface area contributed by atoms with Gasteiger partial charge in [0.2, 0.25) is 22.1 Å². The maximum absolute atomic E-state index is 12.8. The Morgan fingerprint density at radius 1 is 0.733 bits per heavy atom. The summed E-state index contributed by atoms with van der Waals surface area (Å²) >= 11 is 2.95. The molecule has 0 radical (unpaired) electrons. The molecule has 1 saturated carbocycles. The first-order valence-corrected chi connectivity index (χ1v) is 17.6. The monoisotopic (exact) mass is 642 g/mol. The third-order valence-corrected chi connectivity index (χ3v) is 10.9. The van der Waals surface area contributed by atoms with Gasteiger partial charge in [-0.25, -0.2) is 0 Å². The van der Waals surface area contributed by atoms with E-state index in [4.69, 9.17) is 0 Å². The van der Waals surface area contributed by atoms with Crippen LogP contribution in [-0.4, -0.2) is 58.4 Å². The Morgan fingerprint density at radius 2 is 1.33 bits per heavy atom.